The summed E-state index contributed by atoms with van der Waals surface area (Å²) in [7, 11) is 0. The van der Waals surface area contributed by atoms with Gasteiger partial charge >= 0.3 is 6.18 Å². The van der Waals surface area contributed by atoms with E-state index in [9.17, 15) is 27.6 Å². The minimum absolute atomic E-state index is 0.149. The maximum atomic E-state index is 14.5. The number of nitrogens with one attached hydrogen (secondary N) is 1. The molecule has 1 aromatic heterocycles. The van der Waals surface area contributed by atoms with Crippen molar-refractivity contribution in [1.29, 1.82) is 5.26 Å². The van der Waals surface area contributed by atoms with Crippen molar-refractivity contribution in [1.82, 2.24) is 9.78 Å². The van der Waals surface area contributed by atoms with Crippen molar-refractivity contribution >= 4 is 28.9 Å². The predicted molar refractivity (Wildman–Crippen MR) is 124 cm³/mol. The molecule has 2 atom stereocenters. The van der Waals surface area contributed by atoms with Crippen molar-refractivity contribution in [3.05, 3.63) is 64.8 Å². The highest BCUT2D eigenvalue weighted by atomic mass is 35.5. The van der Waals surface area contributed by atoms with Crippen LogP contribution in [0.15, 0.2) is 42.0 Å². The van der Waals surface area contributed by atoms with Crippen molar-refractivity contribution in [2.24, 2.45) is 11.8 Å². The topological polar surface area (TPSA) is 70.7 Å². The highest BCUT2D eigenvalue weighted by Crippen LogP contribution is 2.38. The molecule has 2 aliphatic rings. The smallest absolute Gasteiger partial charge is 0.318 e. The molecule has 1 amide bonds. The highest BCUT2D eigenvalue weighted by molar-refractivity contribution is 6.20. The van der Waals surface area contributed by atoms with Gasteiger partial charge in [-0.3, -0.25) is 4.79 Å². The maximum absolute atomic E-state index is 14.5. The SMILES string of the molecule is CC1C=C(n2nc(C(F)(F)F)cc2C(=O)Nc2cc(C(Cl)CCC3CC3)ccc2F)C=C(C#N)C1. The summed E-state index contributed by atoms with van der Waals surface area (Å²) in [5.74, 6) is -1.19. The first-order valence-corrected chi connectivity index (χ1v) is 11.7. The van der Waals surface area contributed by atoms with Crippen LogP contribution in [0.1, 0.15) is 66.2 Å². The number of benzene rings is 1. The monoisotopic (exact) mass is 506 g/mol. The number of anilines is 1. The van der Waals surface area contributed by atoms with Crippen molar-refractivity contribution in [2.75, 3.05) is 5.32 Å². The summed E-state index contributed by atoms with van der Waals surface area (Å²) >= 11 is 6.46. The molecule has 1 aromatic carbocycles. The minimum atomic E-state index is -4.80. The molecule has 5 nitrogen and oxygen atoms in total. The Morgan fingerprint density at radius 1 is 1.34 bits per heavy atom. The third-order valence-electron chi connectivity index (χ3n) is 6.07. The molecule has 35 heavy (non-hydrogen) atoms. The van der Waals surface area contributed by atoms with Crippen molar-refractivity contribution in [2.45, 2.75) is 50.6 Å². The Kier molecular flexibility index (Phi) is 7.04. The van der Waals surface area contributed by atoms with Crippen molar-refractivity contribution in [3.8, 4) is 6.07 Å². The van der Waals surface area contributed by atoms with E-state index in [1.807, 2.05) is 6.07 Å². The molecule has 0 aliphatic heterocycles. The van der Waals surface area contributed by atoms with Crippen molar-refractivity contribution < 1.29 is 22.4 Å². The number of carbonyl (C=O) groups excluding carboxylic acids is 1. The van der Waals surface area contributed by atoms with Gasteiger partial charge in [-0.2, -0.15) is 23.5 Å². The first-order chi connectivity index (χ1) is 16.5. The van der Waals surface area contributed by atoms with E-state index in [1.165, 1.54) is 37.1 Å². The molecule has 1 fully saturated rings. The lowest BCUT2D eigenvalue weighted by atomic mass is 9.95. The van der Waals surface area contributed by atoms with E-state index in [0.29, 0.717) is 36.0 Å². The van der Waals surface area contributed by atoms with Crippen LogP contribution in [0.5, 0.6) is 0 Å². The Morgan fingerprint density at radius 3 is 2.74 bits per heavy atom. The summed E-state index contributed by atoms with van der Waals surface area (Å²) in [5, 5.41) is 14.8. The molecule has 2 unspecified atom stereocenters. The molecule has 1 heterocycles. The van der Waals surface area contributed by atoms with Crippen LogP contribution >= 0.6 is 11.6 Å². The normalized spacial score (nSPS) is 18.9. The number of rotatable bonds is 7. The molecule has 2 aromatic rings. The fourth-order valence-electron chi connectivity index (χ4n) is 4.05. The largest absolute Gasteiger partial charge is 0.435 e. The van der Waals surface area contributed by atoms with E-state index in [0.717, 1.165) is 11.1 Å². The molecule has 10 heteroatoms. The van der Waals surface area contributed by atoms with Crippen LogP contribution in [-0.2, 0) is 6.18 Å². The number of aromatic nitrogens is 2. The van der Waals surface area contributed by atoms with Gasteiger partial charge in [0.05, 0.1) is 22.8 Å². The number of allylic oxidation sites excluding steroid dienone is 4. The molecule has 2 aliphatic carbocycles. The summed E-state index contributed by atoms with van der Waals surface area (Å²) in [6.45, 7) is 1.80. The van der Waals surface area contributed by atoms with Crippen LogP contribution in [-0.4, -0.2) is 15.7 Å². The lowest BCUT2D eigenvalue weighted by molar-refractivity contribution is -0.141. The molecular weight excluding hydrogens is 484 g/mol. The van der Waals surface area contributed by atoms with E-state index in [1.54, 1.807) is 13.0 Å². The Labute approximate surface area is 205 Å². The Balaban J connectivity index is 1.64. The number of halogens is 5. The van der Waals surface area contributed by atoms with Gasteiger partial charge in [0, 0.05) is 11.6 Å². The van der Waals surface area contributed by atoms with Crippen LogP contribution in [0, 0.1) is 29.0 Å². The molecule has 4 rings (SSSR count). The third kappa shape index (κ3) is 5.93. The molecule has 1 saturated carbocycles. The fourth-order valence-corrected chi connectivity index (χ4v) is 4.31. The minimum Gasteiger partial charge on any atom is -0.318 e. The lowest BCUT2D eigenvalue weighted by Crippen LogP contribution is -2.19. The van der Waals surface area contributed by atoms with E-state index in [4.69, 9.17) is 11.6 Å². The molecule has 0 spiro atoms. The fraction of sp³-hybridized carbons (Fsp3) is 0.400. The molecule has 0 radical (unpaired) electrons. The molecule has 0 saturated heterocycles. The quantitative estimate of drug-likeness (QED) is 0.322. The van der Waals surface area contributed by atoms with Gasteiger partial charge in [0.1, 0.15) is 11.5 Å². The zero-order chi connectivity index (χ0) is 25.3. The second kappa shape index (κ2) is 9.86. The van der Waals surface area contributed by atoms with Gasteiger partial charge in [0.2, 0.25) is 0 Å². The second-order valence-corrected chi connectivity index (χ2v) is 9.59. The van der Waals surface area contributed by atoms with Gasteiger partial charge < -0.3 is 5.32 Å². The summed E-state index contributed by atoms with van der Waals surface area (Å²) in [5.41, 5.74) is -0.778. The van der Waals surface area contributed by atoms with Gasteiger partial charge in [-0.15, -0.1) is 11.6 Å². The number of alkyl halides is 4. The van der Waals surface area contributed by atoms with E-state index in [-0.39, 0.29) is 22.7 Å². The number of carbonyl (C=O) groups is 1. The van der Waals surface area contributed by atoms with Crippen LogP contribution in [0.25, 0.3) is 5.70 Å². The standard InChI is InChI=1S/C25H23ClF4N4O/c1-14-8-16(13-31)10-18(9-14)34-22(12-23(33-34)25(28,29)30)24(35)32-21-11-17(5-7-20(21)27)19(26)6-4-15-2-3-15/h5,7,9-12,14-15,19H,2-4,6,8H2,1H3,(H,32,35). The van der Waals surface area contributed by atoms with Crippen LogP contribution in [0.4, 0.5) is 23.2 Å². The van der Waals surface area contributed by atoms with Crippen LogP contribution < -0.4 is 5.32 Å². The Hall–Kier alpha value is -3.12. The lowest BCUT2D eigenvalue weighted by Gasteiger charge is -2.17. The number of amides is 1. The zero-order valence-corrected chi connectivity index (χ0v) is 19.6. The number of nitrogens with zero attached hydrogens (tertiary/aromatic N) is 3. The second-order valence-electron chi connectivity index (χ2n) is 9.06. The first-order valence-electron chi connectivity index (χ1n) is 11.3. The molecule has 1 N–H and O–H groups in total. The van der Waals surface area contributed by atoms with Gasteiger partial charge in [0.25, 0.3) is 5.91 Å². The summed E-state index contributed by atoms with van der Waals surface area (Å²) in [4.78, 5) is 13.1. The average molecular weight is 507 g/mol. The predicted octanol–water partition coefficient (Wildman–Crippen LogP) is 7.09. The van der Waals surface area contributed by atoms with Crippen molar-refractivity contribution in [3.63, 3.8) is 0 Å². The van der Waals surface area contributed by atoms with Gasteiger partial charge in [0.15, 0.2) is 5.69 Å². The van der Waals surface area contributed by atoms with Gasteiger partial charge in [-0.1, -0.05) is 31.9 Å². The van der Waals surface area contributed by atoms with Gasteiger partial charge in [-0.05, 0) is 54.9 Å². The van der Waals surface area contributed by atoms with Gasteiger partial charge in [-0.25, -0.2) is 9.07 Å². The molecular formula is C25H23ClF4N4O. The maximum Gasteiger partial charge on any atom is 0.435 e. The van der Waals surface area contributed by atoms with E-state index in [2.05, 4.69) is 10.4 Å². The zero-order valence-electron chi connectivity index (χ0n) is 18.9. The summed E-state index contributed by atoms with van der Waals surface area (Å²) in [6.07, 6.45) is 2.66. The number of hydrogen-bond acceptors (Lipinski definition) is 3. The Morgan fingerprint density at radius 2 is 2.09 bits per heavy atom. The van der Waals surface area contributed by atoms with Crippen LogP contribution in [0.3, 0.4) is 0 Å². The van der Waals surface area contributed by atoms with E-state index < -0.39 is 29.3 Å². The Bertz CT molecular complexity index is 1240. The highest BCUT2D eigenvalue weighted by Gasteiger charge is 2.36. The van der Waals surface area contributed by atoms with E-state index >= 15 is 0 Å². The number of hydrogen-bond donors (Lipinski definition) is 1. The molecule has 0 bridgehead atoms. The third-order valence-corrected chi connectivity index (χ3v) is 6.54. The van der Waals surface area contributed by atoms with Crippen LogP contribution in [0.2, 0.25) is 0 Å². The first kappa shape index (κ1) is 25.0. The average Bonchev–Trinajstić information content (AvgIpc) is 3.52. The molecule has 184 valence electrons. The summed E-state index contributed by atoms with van der Waals surface area (Å²) in [6, 6.07) is 6.71. The number of nitriles is 1. The summed E-state index contributed by atoms with van der Waals surface area (Å²) < 4.78 is 55.6.